The number of thiophene rings is 1. The van der Waals surface area contributed by atoms with Crippen molar-refractivity contribution in [1.82, 2.24) is 0 Å². The van der Waals surface area contributed by atoms with Crippen molar-refractivity contribution in [3.63, 3.8) is 0 Å². The zero-order valence-corrected chi connectivity index (χ0v) is 10.7. The van der Waals surface area contributed by atoms with E-state index in [1.54, 1.807) is 0 Å². The molecular weight excluding hydrogens is 204 g/mol. The molecule has 15 heavy (non-hydrogen) atoms. The molecule has 2 heteroatoms. The molecule has 84 valence electrons. The van der Waals surface area contributed by atoms with Gasteiger partial charge in [-0.15, -0.1) is 11.3 Å². The summed E-state index contributed by atoms with van der Waals surface area (Å²) in [6.07, 6.45) is 4.28. The molecule has 1 aromatic heterocycles. The smallest absolute Gasteiger partial charge is 0.0800 e. The summed E-state index contributed by atoms with van der Waals surface area (Å²) in [5.74, 6) is 0. The SMILES string of the molecule is CC(C)(C)c1cc2c(s1)CCCCC2O. The molecule has 2 rings (SSSR count). The van der Waals surface area contributed by atoms with Crippen LogP contribution in [0.3, 0.4) is 0 Å². The number of aliphatic hydroxyl groups excluding tert-OH is 1. The summed E-state index contributed by atoms with van der Waals surface area (Å²) in [6, 6.07) is 2.23. The highest BCUT2D eigenvalue weighted by atomic mass is 32.1. The maximum atomic E-state index is 10.0. The number of fused-ring (bicyclic) bond motifs is 1. The molecule has 0 fully saturated rings. The first-order valence-electron chi connectivity index (χ1n) is 5.79. The van der Waals surface area contributed by atoms with E-state index in [-0.39, 0.29) is 11.5 Å². The van der Waals surface area contributed by atoms with Gasteiger partial charge in [0, 0.05) is 9.75 Å². The van der Waals surface area contributed by atoms with Crippen LogP contribution in [0.25, 0.3) is 0 Å². The lowest BCUT2D eigenvalue weighted by molar-refractivity contribution is 0.167. The molecule has 0 aromatic carbocycles. The van der Waals surface area contributed by atoms with E-state index in [0.717, 1.165) is 19.3 Å². The summed E-state index contributed by atoms with van der Waals surface area (Å²) in [7, 11) is 0. The van der Waals surface area contributed by atoms with Crippen LogP contribution in [-0.2, 0) is 11.8 Å². The van der Waals surface area contributed by atoms with Crippen molar-refractivity contribution in [2.24, 2.45) is 0 Å². The van der Waals surface area contributed by atoms with Gasteiger partial charge in [0.2, 0.25) is 0 Å². The number of hydrogen-bond donors (Lipinski definition) is 1. The van der Waals surface area contributed by atoms with Gasteiger partial charge >= 0.3 is 0 Å². The van der Waals surface area contributed by atoms with Gasteiger partial charge in [-0.05, 0) is 36.3 Å². The van der Waals surface area contributed by atoms with Gasteiger partial charge in [0.25, 0.3) is 0 Å². The number of aliphatic hydroxyl groups is 1. The second-order valence-corrected chi connectivity index (χ2v) is 6.64. The summed E-state index contributed by atoms with van der Waals surface area (Å²) in [5.41, 5.74) is 1.43. The van der Waals surface area contributed by atoms with Gasteiger partial charge in [0.15, 0.2) is 0 Å². The summed E-state index contributed by atoms with van der Waals surface area (Å²) < 4.78 is 0. The van der Waals surface area contributed by atoms with Gasteiger partial charge in [0.1, 0.15) is 0 Å². The van der Waals surface area contributed by atoms with Crippen molar-refractivity contribution >= 4 is 11.3 Å². The second kappa shape index (κ2) is 3.91. The van der Waals surface area contributed by atoms with Crippen LogP contribution in [-0.4, -0.2) is 5.11 Å². The summed E-state index contributed by atoms with van der Waals surface area (Å²) in [6.45, 7) is 6.72. The number of aryl methyl sites for hydroxylation is 1. The minimum absolute atomic E-state index is 0.213. The maximum absolute atomic E-state index is 10.0. The maximum Gasteiger partial charge on any atom is 0.0800 e. The Morgan fingerprint density at radius 1 is 1.33 bits per heavy atom. The van der Waals surface area contributed by atoms with Crippen LogP contribution < -0.4 is 0 Å². The van der Waals surface area contributed by atoms with E-state index in [4.69, 9.17) is 0 Å². The second-order valence-electron chi connectivity index (χ2n) is 5.50. The van der Waals surface area contributed by atoms with Gasteiger partial charge < -0.3 is 5.11 Å². The predicted octanol–water partition coefficient (Wildman–Crippen LogP) is 3.81. The molecular formula is C13H20OS. The van der Waals surface area contributed by atoms with Crippen LogP contribution in [0, 0.1) is 0 Å². The Bertz CT molecular complexity index is 346. The molecule has 0 aliphatic heterocycles. The van der Waals surface area contributed by atoms with Gasteiger partial charge in [-0.25, -0.2) is 0 Å². The Hall–Kier alpha value is -0.340. The molecule has 0 amide bonds. The first-order valence-corrected chi connectivity index (χ1v) is 6.61. The van der Waals surface area contributed by atoms with Crippen molar-refractivity contribution < 1.29 is 5.11 Å². The Kier molecular flexibility index (Phi) is 2.91. The highest BCUT2D eigenvalue weighted by Gasteiger charge is 2.24. The molecule has 1 heterocycles. The summed E-state index contributed by atoms with van der Waals surface area (Å²) in [4.78, 5) is 2.83. The Morgan fingerprint density at radius 3 is 2.73 bits per heavy atom. The largest absolute Gasteiger partial charge is 0.388 e. The average molecular weight is 224 g/mol. The molecule has 0 spiro atoms. The van der Waals surface area contributed by atoms with Crippen molar-refractivity contribution in [2.75, 3.05) is 0 Å². The first kappa shape index (κ1) is 11.2. The third-order valence-corrected chi connectivity index (χ3v) is 4.71. The third kappa shape index (κ3) is 2.26. The van der Waals surface area contributed by atoms with Crippen LogP contribution in [0.2, 0.25) is 0 Å². The Morgan fingerprint density at radius 2 is 2.07 bits per heavy atom. The van der Waals surface area contributed by atoms with Gasteiger partial charge in [-0.2, -0.15) is 0 Å². The molecule has 0 radical (unpaired) electrons. The molecule has 1 aliphatic carbocycles. The number of rotatable bonds is 0. The highest BCUT2D eigenvalue weighted by molar-refractivity contribution is 7.12. The lowest BCUT2D eigenvalue weighted by Crippen LogP contribution is -2.08. The van der Waals surface area contributed by atoms with Crippen molar-refractivity contribution in [1.29, 1.82) is 0 Å². The van der Waals surface area contributed by atoms with E-state index in [0.29, 0.717) is 0 Å². The third-order valence-electron chi connectivity index (χ3n) is 3.07. The minimum atomic E-state index is -0.213. The summed E-state index contributed by atoms with van der Waals surface area (Å²) in [5, 5.41) is 10.0. The molecule has 0 saturated carbocycles. The normalized spacial score (nSPS) is 22.3. The fourth-order valence-corrected chi connectivity index (χ4v) is 3.39. The van der Waals surface area contributed by atoms with Gasteiger partial charge in [-0.1, -0.05) is 27.2 Å². The molecule has 1 atom stereocenters. The van der Waals surface area contributed by atoms with Crippen LogP contribution in [0.4, 0.5) is 0 Å². The van der Waals surface area contributed by atoms with E-state index in [1.807, 2.05) is 11.3 Å². The minimum Gasteiger partial charge on any atom is -0.388 e. The highest BCUT2D eigenvalue weighted by Crippen LogP contribution is 2.38. The van der Waals surface area contributed by atoms with Crippen molar-refractivity contribution in [2.45, 2.75) is 58.0 Å². The zero-order valence-electron chi connectivity index (χ0n) is 9.84. The number of hydrogen-bond acceptors (Lipinski definition) is 2. The summed E-state index contributed by atoms with van der Waals surface area (Å²) >= 11 is 1.90. The lowest BCUT2D eigenvalue weighted by Gasteiger charge is -2.15. The van der Waals surface area contributed by atoms with Crippen LogP contribution in [0.1, 0.15) is 61.5 Å². The van der Waals surface area contributed by atoms with Gasteiger partial charge in [0.05, 0.1) is 6.10 Å². The molecule has 0 bridgehead atoms. The van der Waals surface area contributed by atoms with Crippen LogP contribution in [0.5, 0.6) is 0 Å². The monoisotopic (exact) mass is 224 g/mol. The molecule has 0 saturated heterocycles. The average Bonchev–Trinajstić information content (AvgIpc) is 2.49. The predicted molar refractivity (Wildman–Crippen MR) is 65.5 cm³/mol. The lowest BCUT2D eigenvalue weighted by atomic mass is 9.93. The fraction of sp³-hybridized carbons (Fsp3) is 0.692. The first-order chi connectivity index (χ1) is 6.98. The topological polar surface area (TPSA) is 20.2 Å². The van der Waals surface area contributed by atoms with E-state index in [9.17, 15) is 5.11 Å². The Labute approximate surface area is 96.1 Å². The Balaban J connectivity index is 2.38. The van der Waals surface area contributed by atoms with E-state index in [1.165, 1.54) is 21.7 Å². The van der Waals surface area contributed by atoms with E-state index in [2.05, 4.69) is 26.8 Å². The van der Waals surface area contributed by atoms with E-state index < -0.39 is 0 Å². The zero-order chi connectivity index (χ0) is 11.1. The van der Waals surface area contributed by atoms with Gasteiger partial charge in [-0.3, -0.25) is 0 Å². The fourth-order valence-electron chi connectivity index (χ4n) is 2.07. The standard InChI is InChI=1S/C13H20OS/c1-13(2,3)12-8-9-10(14)6-4-5-7-11(9)15-12/h8,10,14H,4-7H2,1-3H3. The molecule has 1 nitrogen and oxygen atoms in total. The van der Waals surface area contributed by atoms with Crippen LogP contribution in [0.15, 0.2) is 6.07 Å². The van der Waals surface area contributed by atoms with Crippen LogP contribution >= 0.6 is 11.3 Å². The molecule has 1 N–H and O–H groups in total. The molecule has 1 unspecified atom stereocenters. The van der Waals surface area contributed by atoms with E-state index >= 15 is 0 Å². The van der Waals surface area contributed by atoms with Crippen molar-refractivity contribution in [3.8, 4) is 0 Å². The quantitative estimate of drug-likeness (QED) is 0.664. The molecule has 1 aliphatic rings. The molecule has 1 aromatic rings. The van der Waals surface area contributed by atoms with Crippen molar-refractivity contribution in [3.05, 3.63) is 21.4 Å².